The molecule has 0 saturated heterocycles. The third-order valence-corrected chi connectivity index (χ3v) is 7.38. The molecule has 2 aromatic heterocycles. The molecule has 8 nitrogen and oxygen atoms in total. The Bertz CT molecular complexity index is 1360. The number of hydrogen-bond donors (Lipinski definition) is 2. The monoisotopic (exact) mass is 565 g/mol. The third kappa shape index (κ3) is 4.54. The van der Waals surface area contributed by atoms with E-state index in [0.717, 1.165) is 26.1 Å². The highest BCUT2D eigenvalue weighted by Crippen LogP contribution is 2.31. The topological polar surface area (TPSA) is 134 Å². The van der Waals surface area contributed by atoms with Gasteiger partial charge in [-0.05, 0) is 40.3 Å². The number of nitrogens with zero attached hydrogens (tertiary/aromatic N) is 3. The second-order valence-electron chi connectivity index (χ2n) is 6.64. The second-order valence-corrected chi connectivity index (χ2v) is 10.1. The molecule has 0 unspecified atom stereocenters. The van der Waals surface area contributed by atoms with Gasteiger partial charge in [0.15, 0.2) is 0 Å². The molecule has 0 fully saturated rings. The highest BCUT2D eigenvalue weighted by Gasteiger charge is 2.21. The first kappa shape index (κ1) is 21.6. The molecule has 4 N–H and O–H groups in total. The van der Waals surface area contributed by atoms with E-state index in [0.29, 0.717) is 11.6 Å². The van der Waals surface area contributed by atoms with Crippen LogP contribution in [0.3, 0.4) is 0 Å². The molecule has 31 heavy (non-hydrogen) atoms. The molecule has 0 atom stereocenters. The predicted molar refractivity (Wildman–Crippen MR) is 127 cm³/mol. The van der Waals surface area contributed by atoms with Gasteiger partial charge in [0.1, 0.15) is 9.39 Å². The summed E-state index contributed by atoms with van der Waals surface area (Å²) in [6.45, 7) is 0. The lowest BCUT2D eigenvalue weighted by Crippen LogP contribution is -2.12. The van der Waals surface area contributed by atoms with E-state index >= 15 is 0 Å². The lowest BCUT2D eigenvalue weighted by molar-refractivity contribution is 0.0996. The fourth-order valence-electron chi connectivity index (χ4n) is 3.02. The SMILES string of the molecule is NC(=O)c1csc(-n2nc(-c3ccccc3)c(Cc3ccc(S(N)(=O)=O)cc3)c2I)n1. The Morgan fingerprint density at radius 2 is 1.77 bits per heavy atom. The quantitative estimate of drug-likeness (QED) is 0.347. The molecule has 4 aromatic rings. The molecule has 0 spiro atoms. The van der Waals surface area contributed by atoms with Gasteiger partial charge in [-0.1, -0.05) is 42.5 Å². The molecule has 2 aromatic carbocycles. The number of amides is 1. The number of carbonyl (C=O) groups excluding carboxylic acids is 1. The van der Waals surface area contributed by atoms with Crippen LogP contribution in [0.15, 0.2) is 64.9 Å². The summed E-state index contributed by atoms with van der Waals surface area (Å²) >= 11 is 3.48. The van der Waals surface area contributed by atoms with Crippen molar-refractivity contribution in [2.24, 2.45) is 10.9 Å². The number of sulfonamides is 1. The number of thiazole rings is 1. The van der Waals surface area contributed by atoms with Crippen molar-refractivity contribution in [3.63, 3.8) is 0 Å². The van der Waals surface area contributed by atoms with Crippen LogP contribution in [0, 0.1) is 3.70 Å². The highest BCUT2D eigenvalue weighted by molar-refractivity contribution is 14.1. The summed E-state index contributed by atoms with van der Waals surface area (Å²) in [4.78, 5) is 15.8. The van der Waals surface area contributed by atoms with E-state index in [-0.39, 0.29) is 10.6 Å². The minimum absolute atomic E-state index is 0.0618. The van der Waals surface area contributed by atoms with Crippen molar-refractivity contribution < 1.29 is 13.2 Å². The molecule has 4 rings (SSSR count). The molecule has 158 valence electrons. The minimum Gasteiger partial charge on any atom is -0.364 e. The molecule has 11 heteroatoms. The van der Waals surface area contributed by atoms with E-state index in [4.69, 9.17) is 16.0 Å². The van der Waals surface area contributed by atoms with Crippen molar-refractivity contribution in [3.8, 4) is 16.4 Å². The Labute approximate surface area is 196 Å². The van der Waals surface area contributed by atoms with E-state index < -0.39 is 15.9 Å². The van der Waals surface area contributed by atoms with Crippen molar-refractivity contribution in [1.82, 2.24) is 14.8 Å². The number of nitrogens with two attached hydrogens (primary N) is 2. The summed E-state index contributed by atoms with van der Waals surface area (Å²) in [6, 6.07) is 16.2. The first-order chi connectivity index (χ1) is 14.7. The Morgan fingerprint density at radius 1 is 1.10 bits per heavy atom. The first-order valence-electron chi connectivity index (χ1n) is 8.94. The molecule has 0 radical (unpaired) electrons. The van der Waals surface area contributed by atoms with Crippen LogP contribution in [0.25, 0.3) is 16.4 Å². The average molecular weight is 565 g/mol. The predicted octanol–water partition coefficient (Wildman–Crippen LogP) is 2.94. The summed E-state index contributed by atoms with van der Waals surface area (Å²) < 4.78 is 25.6. The maximum absolute atomic E-state index is 11.5. The fourth-order valence-corrected chi connectivity index (χ4v) is 5.25. The molecule has 0 aliphatic rings. The normalized spacial score (nSPS) is 11.5. The van der Waals surface area contributed by atoms with Crippen LogP contribution < -0.4 is 10.9 Å². The third-order valence-electron chi connectivity index (χ3n) is 4.53. The summed E-state index contributed by atoms with van der Waals surface area (Å²) in [5.74, 6) is -0.594. The number of primary amides is 1. The summed E-state index contributed by atoms with van der Waals surface area (Å²) in [6.07, 6.45) is 0.515. The Kier molecular flexibility index (Phi) is 5.92. The van der Waals surface area contributed by atoms with Gasteiger partial charge in [0.25, 0.3) is 5.91 Å². The van der Waals surface area contributed by atoms with E-state index in [9.17, 15) is 13.2 Å². The molecule has 0 saturated carbocycles. The zero-order valence-electron chi connectivity index (χ0n) is 15.9. The number of hydrogen-bond acceptors (Lipinski definition) is 6. The molecule has 0 bridgehead atoms. The number of carbonyl (C=O) groups is 1. The van der Waals surface area contributed by atoms with Crippen molar-refractivity contribution in [1.29, 1.82) is 0 Å². The van der Waals surface area contributed by atoms with Crippen LogP contribution in [-0.2, 0) is 16.4 Å². The molecule has 0 aliphatic carbocycles. The van der Waals surface area contributed by atoms with Crippen molar-refractivity contribution in [2.75, 3.05) is 0 Å². The summed E-state index contributed by atoms with van der Waals surface area (Å²) in [5, 5.41) is 12.1. The van der Waals surface area contributed by atoms with Crippen molar-refractivity contribution in [3.05, 3.63) is 80.5 Å². The largest absolute Gasteiger partial charge is 0.364 e. The maximum atomic E-state index is 11.5. The number of rotatable bonds is 6. The van der Waals surface area contributed by atoms with Gasteiger partial charge in [-0.25, -0.2) is 18.5 Å². The highest BCUT2D eigenvalue weighted by atomic mass is 127. The minimum atomic E-state index is -3.75. The van der Waals surface area contributed by atoms with Crippen LogP contribution in [0.4, 0.5) is 0 Å². The van der Waals surface area contributed by atoms with E-state index in [1.807, 2.05) is 30.3 Å². The first-order valence-corrected chi connectivity index (χ1v) is 12.4. The second kappa shape index (κ2) is 8.49. The number of halogens is 1. The Balaban J connectivity index is 1.80. The number of aromatic nitrogens is 3. The lowest BCUT2D eigenvalue weighted by Gasteiger charge is -2.05. The zero-order valence-corrected chi connectivity index (χ0v) is 19.7. The lowest BCUT2D eigenvalue weighted by atomic mass is 10.0. The van der Waals surface area contributed by atoms with Crippen LogP contribution >= 0.6 is 33.9 Å². The van der Waals surface area contributed by atoms with Gasteiger partial charge in [0, 0.05) is 22.9 Å². The zero-order chi connectivity index (χ0) is 22.2. The summed E-state index contributed by atoms with van der Waals surface area (Å²) in [7, 11) is -3.75. The van der Waals surface area contributed by atoms with E-state index in [1.165, 1.54) is 23.5 Å². The summed E-state index contributed by atoms with van der Waals surface area (Å²) in [5.41, 5.74) is 9.08. The van der Waals surface area contributed by atoms with E-state index in [1.54, 1.807) is 22.2 Å². The van der Waals surface area contributed by atoms with Crippen molar-refractivity contribution >= 4 is 49.9 Å². The van der Waals surface area contributed by atoms with Crippen LogP contribution in [0.2, 0.25) is 0 Å². The molecule has 2 heterocycles. The van der Waals surface area contributed by atoms with Gasteiger partial charge >= 0.3 is 0 Å². The Hall–Kier alpha value is -2.61. The average Bonchev–Trinajstić information content (AvgIpc) is 3.34. The molecular weight excluding hydrogens is 549 g/mol. The maximum Gasteiger partial charge on any atom is 0.268 e. The Morgan fingerprint density at radius 3 is 2.35 bits per heavy atom. The van der Waals surface area contributed by atoms with Gasteiger partial charge in [-0.2, -0.15) is 9.78 Å². The van der Waals surface area contributed by atoms with Crippen molar-refractivity contribution in [2.45, 2.75) is 11.3 Å². The smallest absolute Gasteiger partial charge is 0.268 e. The van der Waals surface area contributed by atoms with Crippen LogP contribution in [0.5, 0.6) is 0 Å². The standard InChI is InChI=1S/C20H16IN5O3S2/c21-18-15(10-12-6-8-14(9-7-12)31(23,28)29)17(13-4-2-1-3-5-13)25-26(18)20-24-16(11-30-20)19(22)27/h1-9,11H,10H2,(H2,22,27)(H2,23,28,29). The van der Waals surface area contributed by atoms with Gasteiger partial charge in [0.05, 0.1) is 10.6 Å². The van der Waals surface area contributed by atoms with Gasteiger partial charge in [0.2, 0.25) is 15.2 Å². The van der Waals surface area contributed by atoms with Gasteiger partial charge in [-0.3, -0.25) is 4.79 Å². The number of primary sulfonamides is 1. The van der Waals surface area contributed by atoms with E-state index in [2.05, 4.69) is 27.6 Å². The molecular formula is C20H16IN5O3S2. The van der Waals surface area contributed by atoms with Gasteiger partial charge < -0.3 is 5.73 Å². The van der Waals surface area contributed by atoms with Crippen LogP contribution in [-0.4, -0.2) is 29.1 Å². The molecule has 0 aliphatic heterocycles. The fraction of sp³-hybridized carbons (Fsp3) is 0.0500. The van der Waals surface area contributed by atoms with Gasteiger partial charge in [-0.15, -0.1) is 11.3 Å². The van der Waals surface area contributed by atoms with Crippen LogP contribution in [0.1, 0.15) is 21.6 Å². The number of benzene rings is 2. The molecule has 1 amide bonds.